The molecule has 1 amide bonds. The molecule has 2 aromatic carbocycles. The molecule has 0 aromatic heterocycles. The smallest absolute Gasteiger partial charge is 0.335 e. The fourth-order valence-electron chi connectivity index (χ4n) is 3.92. The van der Waals surface area contributed by atoms with Crippen LogP contribution < -0.4 is 14.8 Å². The van der Waals surface area contributed by atoms with Gasteiger partial charge in [-0.2, -0.15) is 12.6 Å². The number of amides is 1. The number of methoxy groups -OCH3 is 1. The Morgan fingerprint density at radius 1 is 1.17 bits per heavy atom. The van der Waals surface area contributed by atoms with Crippen molar-refractivity contribution in [2.75, 3.05) is 39.6 Å². The van der Waals surface area contributed by atoms with E-state index in [4.69, 9.17) is 9.47 Å². The van der Waals surface area contributed by atoms with Gasteiger partial charge >= 0.3 is 5.97 Å². The van der Waals surface area contributed by atoms with Crippen LogP contribution in [0.15, 0.2) is 42.5 Å². The van der Waals surface area contributed by atoms with Crippen LogP contribution >= 0.6 is 12.6 Å². The van der Waals surface area contributed by atoms with Crippen molar-refractivity contribution < 1.29 is 24.2 Å². The summed E-state index contributed by atoms with van der Waals surface area (Å²) in [5.41, 5.74) is 2.23. The molecule has 1 heterocycles. The van der Waals surface area contributed by atoms with Crippen LogP contribution in [0, 0.1) is 0 Å². The standard InChI is InChI=1S/C24H30N2O5.C2H6.CH4S/c1-3-31-22-13-21(30-2)10-9-19(22)14-25-15-23(27)26-11-5-8-20(16-26)17-6-4-7-18(12-17)24(28)29;2*1-2/h4,6-7,9-10,12-13,20,25H,3,5,8,11,14-16H2,1-2H3,(H,28,29);1-2H3;2H,1H3. The molecule has 0 bridgehead atoms. The van der Waals surface area contributed by atoms with Crippen LogP contribution in [0.25, 0.3) is 0 Å². The number of rotatable bonds is 9. The number of carboxylic acid groups (broad SMARTS) is 1. The molecule has 2 aromatic rings. The van der Waals surface area contributed by atoms with Crippen molar-refractivity contribution in [3.05, 3.63) is 59.2 Å². The Bertz CT molecular complexity index is 922. The molecule has 1 aliphatic heterocycles. The highest BCUT2D eigenvalue weighted by Crippen LogP contribution is 2.28. The van der Waals surface area contributed by atoms with E-state index in [9.17, 15) is 14.7 Å². The molecule has 1 aliphatic rings. The predicted molar refractivity (Wildman–Crippen MR) is 144 cm³/mol. The molecule has 194 valence electrons. The highest BCUT2D eigenvalue weighted by Gasteiger charge is 2.25. The molecule has 1 fully saturated rings. The Morgan fingerprint density at radius 3 is 2.57 bits per heavy atom. The van der Waals surface area contributed by atoms with E-state index in [0.29, 0.717) is 19.7 Å². The predicted octanol–water partition coefficient (Wildman–Crippen LogP) is 4.86. The van der Waals surface area contributed by atoms with Crippen LogP contribution in [0.5, 0.6) is 11.5 Å². The number of carboxylic acids is 1. The van der Waals surface area contributed by atoms with Gasteiger partial charge in [-0.1, -0.05) is 32.0 Å². The summed E-state index contributed by atoms with van der Waals surface area (Å²) in [7, 11) is 1.62. The molecule has 0 radical (unpaired) electrons. The third-order valence-corrected chi connectivity index (χ3v) is 5.54. The Hall–Kier alpha value is -2.71. The lowest BCUT2D eigenvalue weighted by Gasteiger charge is -2.33. The lowest BCUT2D eigenvalue weighted by molar-refractivity contribution is -0.131. The van der Waals surface area contributed by atoms with Gasteiger partial charge in [0, 0.05) is 37.2 Å². The number of nitrogens with one attached hydrogen (secondary N) is 1. The zero-order valence-electron chi connectivity index (χ0n) is 21.5. The maximum absolute atomic E-state index is 12.8. The van der Waals surface area contributed by atoms with E-state index < -0.39 is 5.97 Å². The second-order valence-electron chi connectivity index (χ2n) is 7.62. The van der Waals surface area contributed by atoms with Crippen LogP contribution in [0.3, 0.4) is 0 Å². The molecular weight excluding hydrogens is 464 g/mol. The zero-order valence-corrected chi connectivity index (χ0v) is 22.4. The van der Waals surface area contributed by atoms with Crippen LogP contribution in [0.4, 0.5) is 0 Å². The van der Waals surface area contributed by atoms with E-state index in [2.05, 4.69) is 17.9 Å². The van der Waals surface area contributed by atoms with Gasteiger partial charge in [0.05, 0.1) is 25.8 Å². The summed E-state index contributed by atoms with van der Waals surface area (Å²) in [5.74, 6) is 0.751. The third kappa shape index (κ3) is 9.45. The van der Waals surface area contributed by atoms with Crippen molar-refractivity contribution in [1.82, 2.24) is 10.2 Å². The lowest BCUT2D eigenvalue weighted by Crippen LogP contribution is -2.43. The number of ether oxygens (including phenoxy) is 2. The summed E-state index contributed by atoms with van der Waals surface area (Å²) in [4.78, 5) is 25.9. The number of nitrogens with zero attached hydrogens (tertiary/aromatic N) is 1. The van der Waals surface area contributed by atoms with Crippen LogP contribution in [0.2, 0.25) is 0 Å². The second kappa shape index (κ2) is 16.8. The topological polar surface area (TPSA) is 88.1 Å². The molecule has 1 unspecified atom stereocenters. The summed E-state index contributed by atoms with van der Waals surface area (Å²) in [6.45, 7) is 8.57. The minimum Gasteiger partial charge on any atom is -0.497 e. The first-order valence-corrected chi connectivity index (χ1v) is 13.0. The first kappa shape index (κ1) is 30.3. The van der Waals surface area contributed by atoms with Crippen molar-refractivity contribution in [3.63, 3.8) is 0 Å². The molecule has 1 atom stereocenters. The number of hydrogen-bond acceptors (Lipinski definition) is 6. The number of benzene rings is 2. The summed E-state index contributed by atoms with van der Waals surface area (Å²) >= 11 is 3.53. The fourth-order valence-corrected chi connectivity index (χ4v) is 3.92. The summed E-state index contributed by atoms with van der Waals surface area (Å²) in [5, 5.41) is 12.5. The molecule has 0 saturated carbocycles. The molecule has 0 spiro atoms. The second-order valence-corrected chi connectivity index (χ2v) is 7.62. The van der Waals surface area contributed by atoms with Crippen molar-refractivity contribution in [3.8, 4) is 11.5 Å². The van der Waals surface area contributed by atoms with Crippen molar-refractivity contribution in [1.29, 1.82) is 0 Å². The normalized spacial score (nSPS) is 14.6. The van der Waals surface area contributed by atoms with E-state index in [1.165, 1.54) is 0 Å². The van der Waals surface area contributed by atoms with Gasteiger partial charge in [-0.05, 0) is 49.8 Å². The number of piperidine rings is 1. The molecule has 0 aliphatic carbocycles. The van der Waals surface area contributed by atoms with Gasteiger partial charge in [-0.15, -0.1) is 0 Å². The largest absolute Gasteiger partial charge is 0.497 e. The quantitative estimate of drug-likeness (QED) is 0.423. The number of aromatic carboxylic acids is 1. The Labute approximate surface area is 215 Å². The van der Waals surface area contributed by atoms with E-state index in [0.717, 1.165) is 42.0 Å². The monoisotopic (exact) mass is 504 g/mol. The van der Waals surface area contributed by atoms with Crippen molar-refractivity contribution in [2.45, 2.75) is 46.1 Å². The molecule has 3 rings (SSSR count). The number of carbonyl (C=O) groups is 2. The Balaban J connectivity index is 0.00000145. The van der Waals surface area contributed by atoms with E-state index in [-0.39, 0.29) is 23.9 Å². The number of thiol groups is 1. The van der Waals surface area contributed by atoms with Gasteiger partial charge in [0.2, 0.25) is 5.91 Å². The molecule has 7 nitrogen and oxygen atoms in total. The maximum Gasteiger partial charge on any atom is 0.335 e. The highest BCUT2D eigenvalue weighted by molar-refractivity contribution is 7.79. The Morgan fingerprint density at radius 2 is 1.91 bits per heavy atom. The average molecular weight is 505 g/mol. The SMILES string of the molecule is CC.CCOc1cc(OC)ccc1CNCC(=O)N1CCCC(c2cccc(C(=O)O)c2)C1.CS. The minimum atomic E-state index is -0.931. The number of carbonyl (C=O) groups excluding carboxylic acids is 1. The number of likely N-dealkylation sites (tertiary alicyclic amines) is 1. The molecule has 2 N–H and O–H groups in total. The zero-order chi connectivity index (χ0) is 26.2. The van der Waals surface area contributed by atoms with Gasteiger partial charge in [-0.3, -0.25) is 4.79 Å². The third-order valence-electron chi connectivity index (χ3n) is 5.54. The molecule has 8 heteroatoms. The number of hydrogen-bond donors (Lipinski definition) is 3. The summed E-state index contributed by atoms with van der Waals surface area (Å²) in [6, 6.07) is 12.7. The molecule has 1 saturated heterocycles. The average Bonchev–Trinajstić information content (AvgIpc) is 2.92. The van der Waals surface area contributed by atoms with Gasteiger partial charge in [0.1, 0.15) is 11.5 Å². The van der Waals surface area contributed by atoms with E-state index >= 15 is 0 Å². The maximum atomic E-state index is 12.8. The van der Waals surface area contributed by atoms with E-state index in [1.54, 1.807) is 31.6 Å². The first-order chi connectivity index (χ1) is 17.0. The van der Waals surface area contributed by atoms with Crippen LogP contribution in [-0.2, 0) is 11.3 Å². The van der Waals surface area contributed by atoms with Crippen LogP contribution in [0.1, 0.15) is 61.0 Å². The fraction of sp³-hybridized carbons (Fsp3) is 0.481. The van der Waals surface area contributed by atoms with E-state index in [1.807, 2.05) is 49.9 Å². The van der Waals surface area contributed by atoms with Gasteiger partial charge in [0.15, 0.2) is 0 Å². The van der Waals surface area contributed by atoms with Gasteiger partial charge < -0.3 is 24.8 Å². The van der Waals surface area contributed by atoms with Gasteiger partial charge in [0.25, 0.3) is 0 Å². The summed E-state index contributed by atoms with van der Waals surface area (Å²) < 4.78 is 10.9. The Kier molecular flexibility index (Phi) is 14.6. The van der Waals surface area contributed by atoms with Gasteiger partial charge in [-0.25, -0.2) is 4.79 Å². The lowest BCUT2D eigenvalue weighted by atomic mass is 9.89. The van der Waals surface area contributed by atoms with Crippen molar-refractivity contribution in [2.24, 2.45) is 0 Å². The summed E-state index contributed by atoms with van der Waals surface area (Å²) in [6.07, 6.45) is 3.55. The van der Waals surface area contributed by atoms with Crippen LogP contribution in [-0.4, -0.2) is 61.5 Å². The first-order valence-electron chi connectivity index (χ1n) is 12.1. The molecule has 35 heavy (non-hydrogen) atoms. The van der Waals surface area contributed by atoms with Crippen molar-refractivity contribution >= 4 is 24.5 Å². The highest BCUT2D eigenvalue weighted by atomic mass is 32.1. The molecular formula is C27H40N2O5S. The minimum absolute atomic E-state index is 0.0468.